The Morgan fingerprint density at radius 3 is 1.85 bits per heavy atom. The van der Waals surface area contributed by atoms with Gasteiger partial charge in [0.05, 0.1) is 5.41 Å². The monoisotopic (exact) mass is 705 g/mol. The molecule has 55 heavy (non-hydrogen) atoms. The average molecular weight is 706 g/mol. The van der Waals surface area contributed by atoms with E-state index in [1.54, 1.807) is 0 Å². The molecule has 1 unspecified atom stereocenters. The molecule has 0 amide bonds. The minimum absolute atomic E-state index is 0.159. The zero-order valence-corrected chi connectivity index (χ0v) is 31.4. The normalized spacial score (nSPS) is 17.3. The first-order chi connectivity index (χ1) is 27.0. The van der Waals surface area contributed by atoms with Crippen molar-refractivity contribution in [1.29, 1.82) is 0 Å². The van der Waals surface area contributed by atoms with E-state index in [0.29, 0.717) is 0 Å². The molecule has 1 nitrogen and oxygen atoms in total. The second-order valence-electron chi connectivity index (χ2n) is 15.6. The Kier molecular flexibility index (Phi) is 7.92. The first kappa shape index (κ1) is 33.2. The van der Waals surface area contributed by atoms with Crippen molar-refractivity contribution >= 4 is 29.2 Å². The fourth-order valence-corrected chi connectivity index (χ4v) is 9.71. The van der Waals surface area contributed by atoms with Crippen molar-refractivity contribution in [3.63, 3.8) is 0 Å². The summed E-state index contributed by atoms with van der Waals surface area (Å²) in [5.41, 5.74) is 19.1. The van der Waals surface area contributed by atoms with Crippen LogP contribution in [0.25, 0.3) is 34.4 Å². The lowest BCUT2D eigenvalue weighted by atomic mass is 9.65. The van der Waals surface area contributed by atoms with Gasteiger partial charge in [-0.2, -0.15) is 0 Å². The van der Waals surface area contributed by atoms with E-state index in [0.717, 1.165) is 24.2 Å². The molecule has 0 N–H and O–H groups in total. The molecule has 264 valence electrons. The Hall–Kier alpha value is -6.44. The van der Waals surface area contributed by atoms with E-state index >= 15 is 0 Å². The molecule has 0 aliphatic heterocycles. The number of hydrogen-bond donors (Lipinski definition) is 0. The minimum atomic E-state index is -0.319. The van der Waals surface area contributed by atoms with E-state index in [4.69, 9.17) is 0 Å². The van der Waals surface area contributed by atoms with Crippen LogP contribution in [0.1, 0.15) is 65.6 Å². The Morgan fingerprint density at radius 1 is 0.509 bits per heavy atom. The van der Waals surface area contributed by atoms with Crippen molar-refractivity contribution in [2.24, 2.45) is 0 Å². The summed E-state index contributed by atoms with van der Waals surface area (Å²) in [4.78, 5) is 2.36. The predicted molar refractivity (Wildman–Crippen MR) is 232 cm³/mol. The molecule has 0 aromatic heterocycles. The van der Waals surface area contributed by atoms with E-state index in [1.807, 2.05) is 0 Å². The van der Waals surface area contributed by atoms with E-state index in [9.17, 15) is 0 Å². The van der Waals surface area contributed by atoms with E-state index in [2.05, 4.69) is 219 Å². The zero-order chi connectivity index (χ0) is 37.0. The number of rotatable bonds is 7. The van der Waals surface area contributed by atoms with Crippen LogP contribution in [0.4, 0.5) is 17.1 Å². The summed E-state index contributed by atoms with van der Waals surface area (Å²) in [6.07, 6.45) is 13.7. The molecule has 0 saturated heterocycles. The van der Waals surface area contributed by atoms with E-state index in [1.165, 1.54) is 72.5 Å². The first-order valence-corrected chi connectivity index (χ1v) is 19.6. The van der Waals surface area contributed by atoms with Crippen LogP contribution in [0.5, 0.6) is 0 Å². The van der Waals surface area contributed by atoms with Crippen LogP contribution < -0.4 is 4.90 Å². The highest BCUT2D eigenvalue weighted by Crippen LogP contribution is 2.58. The van der Waals surface area contributed by atoms with Crippen molar-refractivity contribution in [3.05, 3.63) is 233 Å². The SMILES string of the molecule is CC1(C)c2cc(/C=C/c3cccc4c3-c3ccccc3C4(C3=CC=CCC3)c3ccccc3)ccc2-c2ccc(N(c3ccccc3)c3ccccc3)cc21. The van der Waals surface area contributed by atoms with Gasteiger partial charge >= 0.3 is 0 Å². The summed E-state index contributed by atoms with van der Waals surface area (Å²) in [5.74, 6) is 0. The maximum atomic E-state index is 2.42. The molecule has 10 rings (SSSR count). The Morgan fingerprint density at radius 2 is 1.15 bits per heavy atom. The van der Waals surface area contributed by atoms with Crippen LogP contribution in [-0.4, -0.2) is 0 Å². The van der Waals surface area contributed by atoms with Crippen molar-refractivity contribution < 1.29 is 0 Å². The van der Waals surface area contributed by atoms with Gasteiger partial charge in [-0.05, 0) is 110 Å². The van der Waals surface area contributed by atoms with Gasteiger partial charge in [0.1, 0.15) is 0 Å². The second-order valence-corrected chi connectivity index (χ2v) is 15.6. The molecule has 3 aliphatic rings. The Labute approximate surface area is 325 Å². The summed E-state index contributed by atoms with van der Waals surface area (Å²) in [7, 11) is 0. The van der Waals surface area contributed by atoms with Crippen molar-refractivity contribution in [3.8, 4) is 22.3 Å². The second kappa shape index (κ2) is 13.1. The number of nitrogens with zero attached hydrogens (tertiary/aromatic N) is 1. The standard InChI is InChI=1S/C54H43N/c1-53(2)50-36-38(31-34-45(50)46-35-33-44(37-51(46)53)55(42-23-11-5-12-24-42)43-25-13-6-14-26-43)30-32-39-18-17-29-49-52(39)47-27-15-16-28-48(47)54(49,40-19-7-3-8-20-40)41-21-9-4-10-22-41/h3-9,11-21,23-37H,10,22H2,1-2H3/b32-30+. The summed E-state index contributed by atoms with van der Waals surface area (Å²) < 4.78 is 0. The molecular weight excluding hydrogens is 663 g/mol. The summed E-state index contributed by atoms with van der Waals surface area (Å²) in [6.45, 7) is 4.76. The van der Waals surface area contributed by atoms with Gasteiger partial charge in [-0.25, -0.2) is 0 Å². The number of fused-ring (bicyclic) bond motifs is 6. The van der Waals surface area contributed by atoms with Crippen molar-refractivity contribution in [2.75, 3.05) is 4.90 Å². The van der Waals surface area contributed by atoms with Gasteiger partial charge in [0.15, 0.2) is 0 Å². The van der Waals surface area contributed by atoms with E-state index < -0.39 is 0 Å². The summed E-state index contributed by atoms with van der Waals surface area (Å²) in [5, 5.41) is 0. The Balaban J connectivity index is 1.04. The third kappa shape index (κ3) is 5.22. The molecule has 0 radical (unpaired) electrons. The Bertz CT molecular complexity index is 2620. The quantitative estimate of drug-likeness (QED) is 0.149. The molecule has 0 bridgehead atoms. The summed E-state index contributed by atoms with van der Waals surface area (Å²) in [6, 6.07) is 62.6. The molecule has 0 spiro atoms. The maximum Gasteiger partial charge on any atom is 0.0676 e. The van der Waals surface area contributed by atoms with Gasteiger partial charge < -0.3 is 4.90 Å². The molecule has 0 fully saturated rings. The molecule has 1 atom stereocenters. The van der Waals surface area contributed by atoms with Gasteiger partial charge in [-0.1, -0.05) is 183 Å². The van der Waals surface area contributed by atoms with Gasteiger partial charge in [0.25, 0.3) is 0 Å². The van der Waals surface area contributed by atoms with Crippen LogP contribution in [-0.2, 0) is 10.8 Å². The van der Waals surface area contributed by atoms with E-state index in [-0.39, 0.29) is 10.8 Å². The van der Waals surface area contributed by atoms with Crippen molar-refractivity contribution in [1.82, 2.24) is 0 Å². The lowest BCUT2D eigenvalue weighted by molar-refractivity contribution is 0.660. The van der Waals surface area contributed by atoms with Gasteiger partial charge in [0, 0.05) is 22.5 Å². The largest absolute Gasteiger partial charge is 0.310 e. The number of hydrogen-bond acceptors (Lipinski definition) is 1. The minimum Gasteiger partial charge on any atom is -0.310 e. The fraction of sp³-hybridized carbons (Fsp3) is 0.111. The predicted octanol–water partition coefficient (Wildman–Crippen LogP) is 14.2. The first-order valence-electron chi connectivity index (χ1n) is 19.6. The van der Waals surface area contributed by atoms with Crippen molar-refractivity contribution in [2.45, 2.75) is 37.5 Å². The highest BCUT2D eigenvalue weighted by Gasteiger charge is 2.47. The van der Waals surface area contributed by atoms with Crippen LogP contribution in [0.2, 0.25) is 0 Å². The third-order valence-electron chi connectivity index (χ3n) is 12.2. The number of benzene rings is 7. The average Bonchev–Trinajstić information content (AvgIpc) is 3.67. The van der Waals surface area contributed by atoms with Gasteiger partial charge in [-0.15, -0.1) is 0 Å². The molecule has 0 saturated carbocycles. The van der Waals surface area contributed by atoms with Crippen LogP contribution in [0, 0.1) is 0 Å². The number of anilines is 3. The lowest BCUT2D eigenvalue weighted by Gasteiger charge is -2.36. The molecular formula is C54H43N. The number of para-hydroxylation sites is 2. The zero-order valence-electron chi connectivity index (χ0n) is 31.4. The van der Waals surface area contributed by atoms with Crippen LogP contribution >= 0.6 is 0 Å². The van der Waals surface area contributed by atoms with Gasteiger partial charge in [-0.3, -0.25) is 0 Å². The molecule has 7 aromatic carbocycles. The maximum absolute atomic E-state index is 2.42. The number of allylic oxidation sites excluding steroid dienone is 4. The summed E-state index contributed by atoms with van der Waals surface area (Å²) >= 11 is 0. The smallest absolute Gasteiger partial charge is 0.0676 e. The highest BCUT2D eigenvalue weighted by atomic mass is 15.1. The van der Waals surface area contributed by atoms with Gasteiger partial charge in [0.2, 0.25) is 0 Å². The van der Waals surface area contributed by atoms with Crippen LogP contribution in [0.3, 0.4) is 0 Å². The molecule has 3 aliphatic carbocycles. The molecule has 0 heterocycles. The third-order valence-corrected chi connectivity index (χ3v) is 12.2. The topological polar surface area (TPSA) is 3.24 Å². The molecule has 7 aromatic rings. The molecule has 1 heteroatoms. The van der Waals surface area contributed by atoms with Crippen LogP contribution in [0.15, 0.2) is 194 Å². The lowest BCUT2D eigenvalue weighted by Crippen LogP contribution is -2.30. The fourth-order valence-electron chi connectivity index (χ4n) is 9.71. The highest BCUT2D eigenvalue weighted by molar-refractivity contribution is 5.93.